The molecule has 7 nitrogen and oxygen atoms in total. The third kappa shape index (κ3) is 3.75. The van der Waals surface area contributed by atoms with Gasteiger partial charge in [0.25, 0.3) is 15.9 Å². The topological polar surface area (TPSA) is 90.0 Å². The maximum absolute atomic E-state index is 12.4. The van der Waals surface area contributed by atoms with E-state index in [-0.39, 0.29) is 28.3 Å². The number of sulfonamides is 1. The van der Waals surface area contributed by atoms with Gasteiger partial charge in [-0.15, -0.1) is 0 Å². The molecule has 1 aliphatic rings. The molecule has 2 aromatic rings. The van der Waals surface area contributed by atoms with Crippen molar-refractivity contribution in [1.82, 2.24) is 4.31 Å². The second-order valence-electron chi connectivity index (χ2n) is 5.42. The number of alkyl halides is 2. The molecule has 142 valence electrons. The lowest BCUT2D eigenvalue weighted by molar-refractivity contribution is -0.0499. The maximum Gasteiger partial charge on any atom is 0.387 e. The molecule has 1 aliphatic heterocycles. The summed E-state index contributed by atoms with van der Waals surface area (Å²) < 4.78 is 58.9. The standard InChI is InChI=1S/C17H13F2NO6S/c18-17(19)26-12-5-3-4-11(10-12)16(22)25-9-8-20-15(21)13-6-1-2-7-14(13)27(20,23)24/h1-7,10,17H,8-9H2. The molecule has 0 saturated carbocycles. The van der Waals surface area contributed by atoms with Gasteiger partial charge in [-0.05, 0) is 30.3 Å². The van der Waals surface area contributed by atoms with Crippen molar-refractivity contribution >= 4 is 21.9 Å². The highest BCUT2D eigenvalue weighted by Gasteiger charge is 2.40. The first-order valence-corrected chi connectivity index (χ1v) is 9.13. The van der Waals surface area contributed by atoms with Crippen LogP contribution in [0.1, 0.15) is 20.7 Å². The maximum atomic E-state index is 12.4. The van der Waals surface area contributed by atoms with E-state index in [0.717, 1.165) is 6.07 Å². The van der Waals surface area contributed by atoms with Gasteiger partial charge in [-0.1, -0.05) is 18.2 Å². The molecule has 0 saturated heterocycles. The Bertz CT molecular complexity index is 992. The molecule has 10 heteroatoms. The van der Waals surface area contributed by atoms with Gasteiger partial charge in [0.15, 0.2) is 0 Å². The van der Waals surface area contributed by atoms with E-state index in [1.54, 1.807) is 6.07 Å². The molecular weight excluding hydrogens is 384 g/mol. The Labute approximate surface area is 153 Å². The first kappa shape index (κ1) is 18.8. The molecule has 0 spiro atoms. The van der Waals surface area contributed by atoms with Crippen LogP contribution in [0.25, 0.3) is 0 Å². The molecule has 0 N–H and O–H groups in total. The lowest BCUT2D eigenvalue weighted by Gasteiger charge is -2.15. The molecule has 0 aromatic heterocycles. The molecule has 3 rings (SSSR count). The van der Waals surface area contributed by atoms with Crippen LogP contribution >= 0.6 is 0 Å². The normalized spacial score (nSPS) is 14.9. The van der Waals surface area contributed by atoms with Crippen molar-refractivity contribution in [3.63, 3.8) is 0 Å². The van der Waals surface area contributed by atoms with E-state index in [2.05, 4.69) is 4.74 Å². The van der Waals surface area contributed by atoms with Gasteiger partial charge in [0.2, 0.25) is 0 Å². The molecule has 1 heterocycles. The minimum atomic E-state index is -3.99. The van der Waals surface area contributed by atoms with Gasteiger partial charge in [0.1, 0.15) is 17.3 Å². The van der Waals surface area contributed by atoms with Crippen LogP contribution in [-0.4, -0.2) is 44.4 Å². The van der Waals surface area contributed by atoms with E-state index in [4.69, 9.17) is 4.74 Å². The zero-order valence-corrected chi connectivity index (χ0v) is 14.5. The Morgan fingerprint density at radius 3 is 2.56 bits per heavy atom. The molecule has 27 heavy (non-hydrogen) atoms. The Kier molecular flexibility index (Phi) is 5.08. The summed E-state index contributed by atoms with van der Waals surface area (Å²) in [6.07, 6.45) is 0. The second-order valence-corrected chi connectivity index (χ2v) is 7.25. The molecule has 2 aromatic carbocycles. The number of carbonyl (C=O) groups is 2. The average molecular weight is 397 g/mol. The molecule has 0 aliphatic carbocycles. The number of hydrogen-bond donors (Lipinski definition) is 0. The molecule has 0 bridgehead atoms. The van der Waals surface area contributed by atoms with Gasteiger partial charge < -0.3 is 9.47 Å². The van der Waals surface area contributed by atoms with Crippen LogP contribution in [0, 0.1) is 0 Å². The summed E-state index contributed by atoms with van der Waals surface area (Å²) in [5, 5.41) is 0. The van der Waals surface area contributed by atoms with Crippen molar-refractivity contribution in [2.75, 3.05) is 13.2 Å². The predicted octanol–water partition coefficient (Wildman–Crippen LogP) is 2.29. The van der Waals surface area contributed by atoms with Gasteiger partial charge in [-0.3, -0.25) is 4.79 Å². The van der Waals surface area contributed by atoms with Crippen LogP contribution < -0.4 is 4.74 Å². The van der Waals surface area contributed by atoms with E-state index in [9.17, 15) is 26.8 Å². The zero-order chi connectivity index (χ0) is 19.6. The summed E-state index contributed by atoms with van der Waals surface area (Å²) in [7, 11) is -3.99. The van der Waals surface area contributed by atoms with E-state index >= 15 is 0 Å². The molecule has 0 radical (unpaired) electrons. The monoisotopic (exact) mass is 397 g/mol. The third-order valence-electron chi connectivity index (χ3n) is 3.73. The van der Waals surface area contributed by atoms with Crippen LogP contribution in [0.5, 0.6) is 5.75 Å². The minimum Gasteiger partial charge on any atom is -0.460 e. The minimum absolute atomic E-state index is 0.0490. The quantitative estimate of drug-likeness (QED) is 0.695. The molecule has 1 amide bonds. The highest BCUT2D eigenvalue weighted by molar-refractivity contribution is 7.90. The van der Waals surface area contributed by atoms with Gasteiger partial charge >= 0.3 is 12.6 Å². The number of benzene rings is 2. The number of esters is 1. The van der Waals surface area contributed by atoms with Gasteiger partial charge in [0, 0.05) is 0 Å². The number of ether oxygens (including phenoxy) is 2. The number of carbonyl (C=O) groups excluding carboxylic acids is 2. The Morgan fingerprint density at radius 1 is 1.11 bits per heavy atom. The van der Waals surface area contributed by atoms with Crippen molar-refractivity contribution in [2.45, 2.75) is 11.5 Å². The van der Waals surface area contributed by atoms with Gasteiger partial charge in [-0.25, -0.2) is 17.5 Å². The Balaban J connectivity index is 1.64. The Morgan fingerprint density at radius 2 is 1.85 bits per heavy atom. The SMILES string of the molecule is O=C(OCCN1C(=O)c2ccccc2S1(=O)=O)c1cccc(OC(F)F)c1. The second kappa shape index (κ2) is 7.31. The smallest absolute Gasteiger partial charge is 0.387 e. The van der Waals surface area contributed by atoms with Gasteiger partial charge in [0.05, 0.1) is 17.7 Å². The number of rotatable bonds is 6. The van der Waals surface area contributed by atoms with Gasteiger partial charge in [-0.2, -0.15) is 8.78 Å². The van der Waals surface area contributed by atoms with Crippen molar-refractivity contribution in [1.29, 1.82) is 0 Å². The van der Waals surface area contributed by atoms with E-state index in [1.807, 2.05) is 0 Å². The first-order chi connectivity index (χ1) is 12.8. The molecule has 0 atom stereocenters. The fraction of sp³-hybridized carbons (Fsp3) is 0.176. The lowest BCUT2D eigenvalue weighted by Crippen LogP contribution is -2.33. The number of amides is 1. The van der Waals surface area contributed by atoms with E-state index in [1.165, 1.54) is 36.4 Å². The highest BCUT2D eigenvalue weighted by atomic mass is 32.2. The number of fused-ring (bicyclic) bond motifs is 1. The number of halogens is 2. The fourth-order valence-corrected chi connectivity index (χ4v) is 4.11. The van der Waals surface area contributed by atoms with Crippen LogP contribution in [0.3, 0.4) is 0 Å². The molecule has 0 fully saturated rings. The van der Waals surface area contributed by atoms with Crippen LogP contribution in [-0.2, 0) is 14.8 Å². The summed E-state index contributed by atoms with van der Waals surface area (Å²) >= 11 is 0. The first-order valence-electron chi connectivity index (χ1n) is 7.69. The summed E-state index contributed by atoms with van der Waals surface area (Å²) in [6.45, 7) is -3.80. The van der Waals surface area contributed by atoms with E-state index < -0.39 is 35.1 Å². The Hall–Kier alpha value is -3.01. The summed E-state index contributed by atoms with van der Waals surface area (Å²) in [5.41, 5.74) is 0.00715. The van der Waals surface area contributed by atoms with Crippen molar-refractivity contribution in [3.8, 4) is 5.75 Å². The number of hydrogen-bond acceptors (Lipinski definition) is 6. The van der Waals surface area contributed by atoms with Crippen LogP contribution in [0.4, 0.5) is 8.78 Å². The fourth-order valence-electron chi connectivity index (χ4n) is 2.56. The lowest BCUT2D eigenvalue weighted by atomic mass is 10.2. The largest absolute Gasteiger partial charge is 0.460 e. The average Bonchev–Trinajstić information content (AvgIpc) is 2.82. The predicted molar refractivity (Wildman–Crippen MR) is 88.0 cm³/mol. The third-order valence-corrected chi connectivity index (χ3v) is 5.57. The van der Waals surface area contributed by atoms with Crippen molar-refractivity contribution in [2.24, 2.45) is 0 Å². The summed E-state index contributed by atoms with van der Waals surface area (Å²) in [5.74, 6) is -1.78. The summed E-state index contributed by atoms with van der Waals surface area (Å²) in [6, 6.07) is 10.7. The van der Waals surface area contributed by atoms with Crippen molar-refractivity contribution < 1.29 is 36.3 Å². The molecular formula is C17H13F2NO6S. The highest BCUT2D eigenvalue weighted by Crippen LogP contribution is 2.29. The number of nitrogens with zero attached hydrogens (tertiary/aromatic N) is 1. The van der Waals surface area contributed by atoms with E-state index in [0.29, 0.717) is 4.31 Å². The van der Waals surface area contributed by atoms with Crippen molar-refractivity contribution in [3.05, 3.63) is 59.7 Å². The molecule has 0 unspecified atom stereocenters. The van der Waals surface area contributed by atoms with Crippen LogP contribution in [0.2, 0.25) is 0 Å². The van der Waals surface area contributed by atoms with Crippen LogP contribution in [0.15, 0.2) is 53.4 Å². The summed E-state index contributed by atoms with van der Waals surface area (Å²) in [4.78, 5) is 24.1. The zero-order valence-electron chi connectivity index (χ0n) is 13.7.